The molecular weight excluding hydrogens is 342 g/mol. The number of anilines is 1. The quantitative estimate of drug-likeness (QED) is 0.644. The summed E-state index contributed by atoms with van der Waals surface area (Å²) < 4.78 is 0. The van der Waals surface area contributed by atoms with Gasteiger partial charge in [0.05, 0.1) is 10.5 Å². The van der Waals surface area contributed by atoms with Crippen molar-refractivity contribution in [3.63, 3.8) is 0 Å². The molecule has 1 aliphatic rings. The molecule has 2 amide bonds. The number of thiophene rings is 1. The Labute approximate surface area is 148 Å². The van der Waals surface area contributed by atoms with E-state index in [4.69, 9.17) is 5.73 Å². The van der Waals surface area contributed by atoms with Gasteiger partial charge in [0.25, 0.3) is 17.5 Å². The number of benzene rings is 1. The number of rotatable bonds is 4. The molecule has 25 heavy (non-hydrogen) atoms. The van der Waals surface area contributed by atoms with E-state index in [9.17, 15) is 19.7 Å². The Hall–Kier alpha value is -2.74. The third-order valence-corrected chi connectivity index (χ3v) is 5.52. The molecule has 0 spiro atoms. The van der Waals surface area contributed by atoms with Crippen molar-refractivity contribution in [2.45, 2.75) is 32.6 Å². The van der Waals surface area contributed by atoms with Crippen molar-refractivity contribution in [3.05, 3.63) is 55.4 Å². The van der Waals surface area contributed by atoms with Gasteiger partial charge < -0.3 is 11.1 Å². The van der Waals surface area contributed by atoms with Gasteiger partial charge in [0.1, 0.15) is 5.00 Å². The Morgan fingerprint density at radius 3 is 2.68 bits per heavy atom. The first-order valence-electron chi connectivity index (χ1n) is 7.89. The average Bonchev–Trinajstić information content (AvgIpc) is 2.92. The van der Waals surface area contributed by atoms with Crippen LogP contribution in [0.5, 0.6) is 0 Å². The predicted molar refractivity (Wildman–Crippen MR) is 95.3 cm³/mol. The molecule has 130 valence electrons. The number of carbonyl (C=O) groups is 2. The van der Waals surface area contributed by atoms with Gasteiger partial charge in [-0.2, -0.15) is 0 Å². The molecule has 0 saturated carbocycles. The molecule has 0 aliphatic heterocycles. The Morgan fingerprint density at radius 1 is 1.28 bits per heavy atom. The monoisotopic (exact) mass is 359 g/mol. The predicted octanol–water partition coefficient (Wildman–Crippen LogP) is 3.19. The lowest BCUT2D eigenvalue weighted by Gasteiger charge is -2.11. The maximum Gasteiger partial charge on any atom is 0.273 e. The topological polar surface area (TPSA) is 115 Å². The van der Waals surface area contributed by atoms with E-state index < -0.39 is 16.7 Å². The number of nitrogens with zero attached hydrogens (tertiary/aromatic N) is 1. The molecule has 0 atom stereocenters. The van der Waals surface area contributed by atoms with Gasteiger partial charge in [-0.1, -0.05) is 6.07 Å². The molecule has 8 heteroatoms. The maximum atomic E-state index is 12.5. The van der Waals surface area contributed by atoms with Crippen molar-refractivity contribution < 1.29 is 14.5 Å². The van der Waals surface area contributed by atoms with Crippen LogP contribution in [0.3, 0.4) is 0 Å². The smallest absolute Gasteiger partial charge is 0.273 e. The minimum absolute atomic E-state index is 0.117. The van der Waals surface area contributed by atoms with Gasteiger partial charge in [0, 0.05) is 22.1 Å². The zero-order valence-corrected chi connectivity index (χ0v) is 14.4. The van der Waals surface area contributed by atoms with Crippen LogP contribution in [-0.2, 0) is 12.8 Å². The van der Waals surface area contributed by atoms with Crippen LogP contribution in [0.2, 0.25) is 0 Å². The van der Waals surface area contributed by atoms with Crippen LogP contribution in [0.4, 0.5) is 10.7 Å². The molecular formula is C17H17N3O4S. The van der Waals surface area contributed by atoms with E-state index in [-0.39, 0.29) is 11.3 Å². The van der Waals surface area contributed by atoms with E-state index in [1.807, 2.05) is 0 Å². The number of aryl methyl sites for hydroxylation is 2. The van der Waals surface area contributed by atoms with Crippen LogP contribution in [0, 0.1) is 17.0 Å². The molecule has 0 saturated heterocycles. The van der Waals surface area contributed by atoms with Crippen LogP contribution in [0.15, 0.2) is 18.2 Å². The third kappa shape index (κ3) is 3.25. The summed E-state index contributed by atoms with van der Waals surface area (Å²) in [5, 5.41) is 14.2. The molecule has 1 heterocycles. The third-order valence-electron chi connectivity index (χ3n) is 4.31. The van der Waals surface area contributed by atoms with Crippen molar-refractivity contribution >= 4 is 33.8 Å². The second-order valence-electron chi connectivity index (χ2n) is 5.99. The van der Waals surface area contributed by atoms with Gasteiger partial charge in [-0.05, 0) is 44.2 Å². The fourth-order valence-corrected chi connectivity index (χ4v) is 4.33. The molecule has 0 unspecified atom stereocenters. The normalized spacial score (nSPS) is 13.2. The van der Waals surface area contributed by atoms with Crippen LogP contribution >= 0.6 is 11.3 Å². The van der Waals surface area contributed by atoms with Crippen molar-refractivity contribution in [3.8, 4) is 0 Å². The van der Waals surface area contributed by atoms with Crippen LogP contribution < -0.4 is 11.1 Å². The molecule has 1 aromatic carbocycles. The number of nitro groups is 1. The standard InChI is InChI=1S/C17H17N3O4S/c1-9-6-7-10(8-12(9)20(23)24)16(22)19-17-14(15(18)21)11-4-2-3-5-13(11)25-17/h6-8H,2-5H2,1H3,(H2,18,21)(H,19,22). The van der Waals surface area contributed by atoms with Gasteiger partial charge in [-0.3, -0.25) is 19.7 Å². The molecule has 0 bridgehead atoms. The number of nitro benzene ring substituents is 1. The molecule has 1 aliphatic carbocycles. The summed E-state index contributed by atoms with van der Waals surface area (Å²) in [6.45, 7) is 1.61. The molecule has 7 nitrogen and oxygen atoms in total. The highest BCUT2D eigenvalue weighted by Gasteiger charge is 2.25. The lowest BCUT2D eigenvalue weighted by atomic mass is 9.95. The minimum Gasteiger partial charge on any atom is -0.365 e. The Kier molecular flexibility index (Phi) is 4.54. The Balaban J connectivity index is 1.94. The highest BCUT2D eigenvalue weighted by atomic mass is 32.1. The van der Waals surface area contributed by atoms with Gasteiger partial charge >= 0.3 is 0 Å². The number of hydrogen-bond acceptors (Lipinski definition) is 5. The van der Waals surface area contributed by atoms with Crippen LogP contribution in [-0.4, -0.2) is 16.7 Å². The summed E-state index contributed by atoms with van der Waals surface area (Å²) in [5.41, 5.74) is 7.33. The molecule has 3 N–H and O–H groups in total. The van der Waals surface area contributed by atoms with Gasteiger partial charge in [0.2, 0.25) is 0 Å². The first-order valence-corrected chi connectivity index (χ1v) is 8.71. The number of carbonyl (C=O) groups excluding carboxylic acids is 2. The Morgan fingerprint density at radius 2 is 2.00 bits per heavy atom. The summed E-state index contributed by atoms with van der Waals surface area (Å²) in [6.07, 6.45) is 3.67. The molecule has 1 aromatic heterocycles. The fraction of sp³-hybridized carbons (Fsp3) is 0.294. The van der Waals surface area contributed by atoms with E-state index in [1.54, 1.807) is 6.92 Å². The van der Waals surface area contributed by atoms with Crippen LogP contribution in [0.25, 0.3) is 0 Å². The number of hydrogen-bond donors (Lipinski definition) is 2. The van der Waals surface area contributed by atoms with E-state index in [0.29, 0.717) is 16.1 Å². The highest BCUT2D eigenvalue weighted by Crippen LogP contribution is 2.38. The molecule has 0 radical (unpaired) electrons. The highest BCUT2D eigenvalue weighted by molar-refractivity contribution is 7.17. The largest absolute Gasteiger partial charge is 0.365 e. The van der Waals surface area contributed by atoms with Gasteiger partial charge in [-0.25, -0.2) is 0 Å². The van der Waals surface area contributed by atoms with Crippen molar-refractivity contribution in [1.29, 1.82) is 0 Å². The summed E-state index contributed by atoms with van der Waals surface area (Å²) in [6, 6.07) is 4.29. The summed E-state index contributed by atoms with van der Waals surface area (Å²) >= 11 is 1.36. The number of amides is 2. The lowest BCUT2D eigenvalue weighted by Crippen LogP contribution is -2.18. The summed E-state index contributed by atoms with van der Waals surface area (Å²) in [5.74, 6) is -1.06. The number of fused-ring (bicyclic) bond motifs is 1. The summed E-state index contributed by atoms with van der Waals surface area (Å²) in [7, 11) is 0. The fourth-order valence-electron chi connectivity index (χ4n) is 3.04. The zero-order chi connectivity index (χ0) is 18.1. The number of primary amides is 1. The second kappa shape index (κ2) is 6.64. The lowest BCUT2D eigenvalue weighted by molar-refractivity contribution is -0.385. The first-order chi connectivity index (χ1) is 11.9. The Bertz CT molecular complexity index is 888. The van der Waals surface area contributed by atoms with Crippen molar-refractivity contribution in [2.24, 2.45) is 5.73 Å². The molecule has 2 aromatic rings. The molecule has 3 rings (SSSR count). The van der Waals surface area contributed by atoms with E-state index in [1.165, 1.54) is 29.5 Å². The number of nitrogens with two attached hydrogens (primary N) is 1. The van der Waals surface area contributed by atoms with E-state index >= 15 is 0 Å². The maximum absolute atomic E-state index is 12.5. The number of nitrogens with one attached hydrogen (secondary N) is 1. The van der Waals surface area contributed by atoms with Gasteiger partial charge in [-0.15, -0.1) is 11.3 Å². The first kappa shape index (κ1) is 17.1. The minimum atomic E-state index is -0.565. The van der Waals surface area contributed by atoms with Crippen molar-refractivity contribution in [2.75, 3.05) is 5.32 Å². The van der Waals surface area contributed by atoms with Crippen LogP contribution in [0.1, 0.15) is 49.6 Å². The zero-order valence-electron chi connectivity index (χ0n) is 13.6. The molecule has 0 fully saturated rings. The van der Waals surface area contributed by atoms with Gasteiger partial charge in [0.15, 0.2) is 0 Å². The van der Waals surface area contributed by atoms with E-state index in [2.05, 4.69) is 5.32 Å². The van der Waals surface area contributed by atoms with Crippen molar-refractivity contribution in [1.82, 2.24) is 0 Å². The second-order valence-corrected chi connectivity index (χ2v) is 7.10. The summed E-state index contributed by atoms with van der Waals surface area (Å²) in [4.78, 5) is 36.0. The average molecular weight is 359 g/mol. The SMILES string of the molecule is Cc1ccc(C(=O)Nc2sc3c(c2C(N)=O)CCCC3)cc1[N+](=O)[O-]. The van der Waals surface area contributed by atoms with E-state index in [0.717, 1.165) is 36.1 Å².